The van der Waals surface area contributed by atoms with Gasteiger partial charge >= 0.3 is 0 Å². The molecule has 1 aromatic carbocycles. The highest BCUT2D eigenvalue weighted by Crippen LogP contribution is 2.18. The summed E-state index contributed by atoms with van der Waals surface area (Å²) in [5, 5.41) is 5.21. The van der Waals surface area contributed by atoms with E-state index in [0.717, 1.165) is 22.0 Å². The van der Waals surface area contributed by atoms with Gasteiger partial charge in [0.15, 0.2) is 0 Å². The van der Waals surface area contributed by atoms with Crippen molar-refractivity contribution in [3.05, 3.63) is 66.1 Å². The van der Waals surface area contributed by atoms with Crippen LogP contribution < -0.4 is 0 Å². The van der Waals surface area contributed by atoms with Crippen LogP contribution in [0.3, 0.4) is 0 Å². The lowest BCUT2D eigenvalue weighted by atomic mass is 10.1. The molecule has 0 N–H and O–H groups in total. The van der Waals surface area contributed by atoms with Crippen LogP contribution in [0.1, 0.15) is 25.0 Å². The molecule has 5 heteroatoms. The fourth-order valence-electron chi connectivity index (χ4n) is 2.79. The number of amides is 1. The van der Waals surface area contributed by atoms with Crippen molar-refractivity contribution in [2.45, 2.75) is 26.4 Å². The Kier molecular flexibility index (Phi) is 4.93. The van der Waals surface area contributed by atoms with Gasteiger partial charge in [-0.2, -0.15) is 5.10 Å². The van der Waals surface area contributed by atoms with E-state index in [0.29, 0.717) is 6.54 Å². The lowest BCUT2D eigenvalue weighted by molar-refractivity contribution is -0.128. The fraction of sp³-hybridized carbons (Fsp3) is 0.250. The average Bonchev–Trinajstić information content (AvgIpc) is 3.02. The largest absolute Gasteiger partial charge is 0.332 e. The topological polar surface area (TPSA) is 51.0 Å². The highest BCUT2D eigenvalue weighted by Gasteiger charge is 2.15. The summed E-state index contributed by atoms with van der Waals surface area (Å²) < 4.78 is 1.75. The van der Waals surface area contributed by atoms with E-state index in [1.54, 1.807) is 23.2 Å². The van der Waals surface area contributed by atoms with Crippen LogP contribution in [0.4, 0.5) is 0 Å². The smallest absolute Gasteiger partial charge is 0.247 e. The first-order valence-corrected chi connectivity index (χ1v) is 8.34. The van der Waals surface area contributed by atoms with Crippen molar-refractivity contribution in [2.24, 2.45) is 7.05 Å². The molecule has 3 rings (SSSR count). The van der Waals surface area contributed by atoms with E-state index in [1.807, 2.05) is 68.4 Å². The number of rotatable bonds is 5. The van der Waals surface area contributed by atoms with Gasteiger partial charge in [0.25, 0.3) is 0 Å². The third-order valence-corrected chi connectivity index (χ3v) is 4.11. The van der Waals surface area contributed by atoms with Crippen molar-refractivity contribution in [3.63, 3.8) is 0 Å². The first-order chi connectivity index (χ1) is 12.0. The van der Waals surface area contributed by atoms with Crippen LogP contribution in [0.5, 0.6) is 0 Å². The number of hydrogen-bond donors (Lipinski definition) is 0. The summed E-state index contributed by atoms with van der Waals surface area (Å²) in [6.45, 7) is 4.58. The van der Waals surface area contributed by atoms with Gasteiger partial charge in [-0.3, -0.25) is 14.5 Å². The molecule has 2 aromatic heterocycles. The van der Waals surface area contributed by atoms with Crippen LogP contribution in [-0.4, -0.2) is 31.6 Å². The van der Waals surface area contributed by atoms with Gasteiger partial charge in [-0.15, -0.1) is 0 Å². The van der Waals surface area contributed by atoms with Crippen LogP contribution in [0.25, 0.3) is 17.0 Å². The molecule has 1 amide bonds. The van der Waals surface area contributed by atoms with Gasteiger partial charge in [0.05, 0.1) is 11.7 Å². The van der Waals surface area contributed by atoms with Crippen molar-refractivity contribution in [3.8, 4) is 0 Å². The lowest BCUT2D eigenvalue weighted by Gasteiger charge is -2.25. The van der Waals surface area contributed by atoms with Crippen molar-refractivity contribution in [2.75, 3.05) is 0 Å². The maximum atomic E-state index is 12.7. The highest BCUT2D eigenvalue weighted by atomic mass is 16.2. The Hall–Kier alpha value is -2.95. The zero-order chi connectivity index (χ0) is 17.8. The first kappa shape index (κ1) is 16.9. The van der Waals surface area contributed by atoms with Crippen molar-refractivity contribution >= 4 is 22.9 Å². The van der Waals surface area contributed by atoms with E-state index in [1.165, 1.54) is 0 Å². The van der Waals surface area contributed by atoms with Crippen molar-refractivity contribution in [1.29, 1.82) is 0 Å². The molecule has 3 aromatic rings. The van der Waals surface area contributed by atoms with Crippen LogP contribution in [-0.2, 0) is 18.4 Å². The Balaban J connectivity index is 1.81. The summed E-state index contributed by atoms with van der Waals surface area (Å²) in [6.07, 6.45) is 9.00. The van der Waals surface area contributed by atoms with Gasteiger partial charge in [-0.05, 0) is 37.6 Å². The van der Waals surface area contributed by atoms with Crippen LogP contribution >= 0.6 is 0 Å². The SMILES string of the molecule is CC(C)N(Cc1cnn(C)c1)C(=O)/C=C\c1ccnc2ccccc12. The molecule has 0 saturated heterocycles. The molecule has 0 aliphatic rings. The van der Waals surface area contributed by atoms with Gasteiger partial charge in [-0.25, -0.2) is 0 Å². The molecule has 25 heavy (non-hydrogen) atoms. The van der Waals surface area contributed by atoms with E-state index in [4.69, 9.17) is 0 Å². The van der Waals surface area contributed by atoms with E-state index in [-0.39, 0.29) is 11.9 Å². The van der Waals surface area contributed by atoms with E-state index in [9.17, 15) is 4.79 Å². The monoisotopic (exact) mass is 334 g/mol. The van der Waals surface area contributed by atoms with Gasteiger partial charge in [-0.1, -0.05) is 18.2 Å². The zero-order valence-corrected chi connectivity index (χ0v) is 14.8. The number of aromatic nitrogens is 3. The summed E-state index contributed by atoms with van der Waals surface area (Å²) in [4.78, 5) is 18.9. The Labute approximate surface area is 147 Å². The van der Waals surface area contributed by atoms with Gasteiger partial charge in [0.2, 0.25) is 5.91 Å². The molecule has 2 heterocycles. The second kappa shape index (κ2) is 7.30. The quantitative estimate of drug-likeness (QED) is 0.672. The van der Waals surface area contributed by atoms with E-state index in [2.05, 4.69) is 10.1 Å². The number of pyridine rings is 1. The average molecular weight is 334 g/mol. The second-order valence-corrected chi connectivity index (χ2v) is 6.33. The minimum atomic E-state index is -0.0141. The summed E-state index contributed by atoms with van der Waals surface area (Å²) in [5.41, 5.74) is 2.93. The predicted molar refractivity (Wildman–Crippen MR) is 99.7 cm³/mol. The van der Waals surface area contributed by atoms with Gasteiger partial charge < -0.3 is 4.90 Å². The van der Waals surface area contributed by atoms with Gasteiger partial charge in [0.1, 0.15) is 0 Å². The normalized spacial score (nSPS) is 11.5. The molecule has 0 saturated carbocycles. The molecule has 0 bridgehead atoms. The number of carbonyl (C=O) groups excluding carboxylic acids is 1. The van der Waals surface area contributed by atoms with Crippen LogP contribution in [0.15, 0.2) is 55.0 Å². The minimum absolute atomic E-state index is 0.0141. The Bertz CT molecular complexity index is 905. The standard InChI is InChI=1S/C20H22N4O/c1-15(2)24(14-16-12-22-23(3)13-16)20(25)9-8-17-10-11-21-19-7-5-4-6-18(17)19/h4-13,15H,14H2,1-3H3/b9-8-. The summed E-state index contributed by atoms with van der Waals surface area (Å²) >= 11 is 0. The van der Waals surface area contributed by atoms with E-state index < -0.39 is 0 Å². The summed E-state index contributed by atoms with van der Waals surface area (Å²) in [7, 11) is 1.87. The van der Waals surface area contributed by atoms with E-state index >= 15 is 0 Å². The molecule has 0 aliphatic carbocycles. The summed E-state index contributed by atoms with van der Waals surface area (Å²) in [6, 6.07) is 9.95. The zero-order valence-electron chi connectivity index (χ0n) is 14.8. The number of benzene rings is 1. The number of fused-ring (bicyclic) bond motifs is 1. The first-order valence-electron chi connectivity index (χ1n) is 8.34. The molecule has 0 radical (unpaired) electrons. The Morgan fingerprint density at radius 2 is 2.08 bits per heavy atom. The highest BCUT2D eigenvalue weighted by molar-refractivity contribution is 5.95. The van der Waals surface area contributed by atoms with Crippen molar-refractivity contribution in [1.82, 2.24) is 19.7 Å². The lowest BCUT2D eigenvalue weighted by Crippen LogP contribution is -2.35. The number of aryl methyl sites for hydroxylation is 1. The summed E-state index contributed by atoms with van der Waals surface area (Å²) in [5.74, 6) is -0.0141. The number of hydrogen-bond acceptors (Lipinski definition) is 3. The molecule has 0 fully saturated rings. The second-order valence-electron chi connectivity index (χ2n) is 6.33. The molecule has 0 aliphatic heterocycles. The number of para-hydroxylation sites is 1. The molecular weight excluding hydrogens is 312 g/mol. The molecule has 128 valence electrons. The maximum absolute atomic E-state index is 12.7. The molecule has 0 spiro atoms. The molecule has 5 nitrogen and oxygen atoms in total. The third-order valence-electron chi connectivity index (χ3n) is 4.11. The van der Waals surface area contributed by atoms with Crippen molar-refractivity contribution < 1.29 is 4.79 Å². The molecule has 0 atom stereocenters. The van der Waals surface area contributed by atoms with Gasteiger partial charge in [0, 0.05) is 49.1 Å². The minimum Gasteiger partial charge on any atom is -0.332 e. The number of nitrogens with zero attached hydrogens (tertiary/aromatic N) is 4. The Morgan fingerprint density at radius 1 is 1.28 bits per heavy atom. The Morgan fingerprint density at radius 3 is 2.80 bits per heavy atom. The number of carbonyl (C=O) groups is 1. The predicted octanol–water partition coefficient (Wildman–Crippen LogP) is 3.42. The molecule has 0 unspecified atom stereocenters. The van der Waals surface area contributed by atoms with Crippen LogP contribution in [0.2, 0.25) is 0 Å². The fourth-order valence-corrected chi connectivity index (χ4v) is 2.79. The third kappa shape index (κ3) is 3.94. The van der Waals surface area contributed by atoms with Crippen LogP contribution in [0, 0.1) is 0 Å². The molecular formula is C20H22N4O. The maximum Gasteiger partial charge on any atom is 0.247 e.